The Bertz CT molecular complexity index is 1160. The molecular weight excluding hydrogens is 472 g/mol. The van der Waals surface area contributed by atoms with Crippen LogP contribution in [-0.4, -0.2) is 70.3 Å². The van der Waals surface area contributed by atoms with Gasteiger partial charge in [-0.1, -0.05) is 24.3 Å². The van der Waals surface area contributed by atoms with Gasteiger partial charge in [0, 0.05) is 50.9 Å². The molecule has 0 radical (unpaired) electrons. The molecule has 1 unspecified atom stereocenters. The Balaban J connectivity index is 1.11. The first-order valence-electron chi connectivity index (χ1n) is 12.9. The van der Waals surface area contributed by atoms with Crippen LogP contribution in [0.15, 0.2) is 30.5 Å². The van der Waals surface area contributed by atoms with Crippen molar-refractivity contribution in [3.8, 4) is 0 Å². The van der Waals surface area contributed by atoms with E-state index in [1.165, 1.54) is 10.5 Å². The lowest BCUT2D eigenvalue weighted by Crippen LogP contribution is -2.72. The lowest BCUT2D eigenvalue weighted by molar-refractivity contribution is -0.115. The molecule has 1 N–H and O–H groups in total. The highest BCUT2D eigenvalue weighted by molar-refractivity contribution is 5.89. The largest absolute Gasteiger partial charge is 0.444 e. The number of anilines is 2. The summed E-state index contributed by atoms with van der Waals surface area (Å²) in [6, 6.07) is 8.58. The first-order valence-corrected chi connectivity index (χ1v) is 12.9. The molecule has 198 valence electrons. The van der Waals surface area contributed by atoms with Crippen LogP contribution in [0.1, 0.15) is 57.4 Å². The van der Waals surface area contributed by atoms with Crippen LogP contribution in [0.3, 0.4) is 0 Å². The number of hydrogen-bond donors (Lipinski definition) is 1. The van der Waals surface area contributed by atoms with E-state index >= 15 is 0 Å². The molecule has 5 rings (SSSR count). The lowest BCUT2D eigenvalue weighted by Gasteiger charge is -2.60. The number of nitrogens with zero attached hydrogens (tertiary/aromatic N) is 5. The van der Waals surface area contributed by atoms with E-state index in [4.69, 9.17) is 9.47 Å². The molecule has 0 bridgehead atoms. The third-order valence-corrected chi connectivity index (χ3v) is 7.04. The van der Waals surface area contributed by atoms with E-state index in [0.717, 1.165) is 43.9 Å². The van der Waals surface area contributed by atoms with Crippen molar-refractivity contribution in [3.63, 3.8) is 0 Å². The summed E-state index contributed by atoms with van der Waals surface area (Å²) in [5, 5.41) is 3.35. The number of hydrogen-bond acceptors (Lipinski definition) is 8. The van der Waals surface area contributed by atoms with Gasteiger partial charge in [0.2, 0.25) is 5.95 Å². The monoisotopic (exact) mass is 508 g/mol. The minimum absolute atomic E-state index is 0.00110. The van der Waals surface area contributed by atoms with Crippen molar-refractivity contribution in [2.24, 2.45) is 5.41 Å². The molecule has 0 saturated carbocycles. The Morgan fingerprint density at radius 2 is 1.89 bits per heavy atom. The maximum Gasteiger partial charge on any atom is 0.415 e. The molecule has 10 nitrogen and oxygen atoms in total. The average Bonchev–Trinajstić information content (AvgIpc) is 2.78. The molecule has 2 saturated heterocycles. The van der Waals surface area contributed by atoms with Gasteiger partial charge in [0.15, 0.2) is 0 Å². The predicted octanol–water partition coefficient (Wildman–Crippen LogP) is 4.18. The molecule has 2 amide bonds. The summed E-state index contributed by atoms with van der Waals surface area (Å²) in [6.45, 7) is 14.8. The van der Waals surface area contributed by atoms with E-state index in [2.05, 4.69) is 51.4 Å². The maximum atomic E-state index is 12.2. The maximum absolute atomic E-state index is 12.2. The highest BCUT2D eigenvalue weighted by Crippen LogP contribution is 2.40. The lowest BCUT2D eigenvalue weighted by atomic mass is 9.73. The van der Waals surface area contributed by atoms with Crippen LogP contribution in [0, 0.1) is 5.41 Å². The van der Waals surface area contributed by atoms with Gasteiger partial charge in [-0.2, -0.15) is 4.98 Å². The molecule has 10 heteroatoms. The number of ether oxygens (including phenoxy) is 2. The van der Waals surface area contributed by atoms with Crippen molar-refractivity contribution >= 4 is 24.0 Å². The van der Waals surface area contributed by atoms with E-state index in [9.17, 15) is 9.59 Å². The van der Waals surface area contributed by atoms with Crippen LogP contribution >= 0.6 is 0 Å². The van der Waals surface area contributed by atoms with Crippen LogP contribution in [0.25, 0.3) is 0 Å². The Morgan fingerprint density at radius 1 is 1.19 bits per heavy atom. The highest BCUT2D eigenvalue weighted by Gasteiger charge is 2.53. The number of carbonyl (C=O) groups excluding carboxylic acids is 2. The zero-order valence-electron chi connectivity index (χ0n) is 22.3. The minimum atomic E-state index is -0.454. The smallest absolute Gasteiger partial charge is 0.415 e. The SMILES string of the molecule is CCN1C(=O)OCc2cnc(NC(C)c3ccc(CN4CC5(C4)CN(C(=O)OC(C)(C)C)C5)cc3)nc21. The number of likely N-dealkylation sites (tertiary alicyclic amines) is 2. The van der Waals surface area contributed by atoms with E-state index in [0.29, 0.717) is 18.3 Å². The van der Waals surface area contributed by atoms with Crippen LogP contribution in [-0.2, 0) is 22.6 Å². The van der Waals surface area contributed by atoms with Gasteiger partial charge in [-0.25, -0.2) is 14.6 Å². The van der Waals surface area contributed by atoms with Crippen molar-refractivity contribution in [2.45, 2.75) is 59.4 Å². The van der Waals surface area contributed by atoms with Gasteiger partial charge in [-0.3, -0.25) is 9.80 Å². The summed E-state index contributed by atoms with van der Waals surface area (Å²) >= 11 is 0. The van der Waals surface area contributed by atoms with E-state index in [1.54, 1.807) is 6.20 Å². The molecule has 3 aliphatic rings. The molecule has 37 heavy (non-hydrogen) atoms. The van der Waals surface area contributed by atoms with Gasteiger partial charge in [0.05, 0.1) is 11.6 Å². The average molecular weight is 509 g/mol. The fraction of sp³-hybridized carbons (Fsp3) is 0.556. The first kappa shape index (κ1) is 25.3. The molecule has 1 spiro atoms. The first-order chi connectivity index (χ1) is 17.5. The van der Waals surface area contributed by atoms with E-state index < -0.39 is 5.60 Å². The van der Waals surface area contributed by atoms with Crippen LogP contribution in [0.4, 0.5) is 21.4 Å². The van der Waals surface area contributed by atoms with Gasteiger partial charge in [0.25, 0.3) is 0 Å². The van der Waals surface area contributed by atoms with Crippen LogP contribution in [0.2, 0.25) is 0 Å². The summed E-state index contributed by atoms with van der Waals surface area (Å²) < 4.78 is 10.6. The fourth-order valence-corrected chi connectivity index (χ4v) is 5.27. The molecule has 0 aliphatic carbocycles. The van der Waals surface area contributed by atoms with Gasteiger partial charge < -0.3 is 19.7 Å². The number of nitrogens with one attached hydrogen (secondary N) is 1. The van der Waals surface area contributed by atoms with Gasteiger partial charge in [-0.15, -0.1) is 0 Å². The molecule has 2 fully saturated rings. The second-order valence-electron chi connectivity index (χ2n) is 11.4. The zero-order valence-corrected chi connectivity index (χ0v) is 22.3. The van der Waals surface area contributed by atoms with Crippen molar-refractivity contribution in [2.75, 3.05) is 42.9 Å². The number of aromatic nitrogens is 2. The fourth-order valence-electron chi connectivity index (χ4n) is 5.27. The standard InChI is InChI=1S/C27H36N6O4/c1-6-33-22-21(13-36-25(33)35)11-28-23(30-22)29-18(2)20-9-7-19(8-10-20)12-31-14-27(15-31)16-32(17-27)24(34)37-26(3,4)5/h7-11,18H,6,12-17H2,1-5H3,(H,28,29,30). The van der Waals surface area contributed by atoms with Crippen molar-refractivity contribution < 1.29 is 19.1 Å². The van der Waals surface area contributed by atoms with Crippen molar-refractivity contribution in [1.29, 1.82) is 0 Å². The molecule has 1 aromatic heterocycles. The number of amides is 2. The van der Waals surface area contributed by atoms with Crippen LogP contribution in [0.5, 0.6) is 0 Å². The van der Waals surface area contributed by atoms with Gasteiger partial charge in [-0.05, 0) is 45.7 Å². The highest BCUT2D eigenvalue weighted by atomic mass is 16.6. The summed E-state index contributed by atoms with van der Waals surface area (Å²) in [6.07, 6.45) is 1.12. The quantitative estimate of drug-likeness (QED) is 0.620. The normalized spacial score (nSPS) is 19.4. The summed E-state index contributed by atoms with van der Waals surface area (Å²) in [5.41, 5.74) is 2.97. The zero-order chi connectivity index (χ0) is 26.4. The molecular formula is C27H36N6O4. The predicted molar refractivity (Wildman–Crippen MR) is 139 cm³/mol. The van der Waals surface area contributed by atoms with Crippen LogP contribution < -0.4 is 10.2 Å². The summed E-state index contributed by atoms with van der Waals surface area (Å²) in [7, 11) is 0. The van der Waals surface area contributed by atoms with E-state index in [1.807, 2.05) is 32.6 Å². The molecule has 3 aliphatic heterocycles. The third-order valence-electron chi connectivity index (χ3n) is 7.04. The Morgan fingerprint density at radius 3 is 2.54 bits per heavy atom. The molecule has 1 aromatic carbocycles. The number of benzene rings is 1. The Kier molecular flexibility index (Phi) is 6.47. The molecule has 4 heterocycles. The minimum Gasteiger partial charge on any atom is -0.444 e. The summed E-state index contributed by atoms with van der Waals surface area (Å²) in [4.78, 5) is 39.0. The number of cyclic esters (lactones) is 1. The number of rotatable bonds is 6. The number of carbonyl (C=O) groups is 2. The Labute approximate surface area is 217 Å². The molecule has 1 atom stereocenters. The van der Waals surface area contributed by atoms with Crippen molar-refractivity contribution in [1.82, 2.24) is 19.8 Å². The topological polar surface area (TPSA) is 100 Å². The van der Waals surface area contributed by atoms with Gasteiger partial charge >= 0.3 is 12.2 Å². The summed E-state index contributed by atoms with van der Waals surface area (Å²) in [5.74, 6) is 1.09. The van der Waals surface area contributed by atoms with Crippen molar-refractivity contribution in [3.05, 3.63) is 47.2 Å². The second-order valence-corrected chi connectivity index (χ2v) is 11.4. The third kappa shape index (κ3) is 5.34. The number of fused-ring (bicyclic) bond motifs is 1. The second kappa shape index (κ2) is 9.48. The Hall–Kier alpha value is -3.40. The van der Waals surface area contributed by atoms with E-state index in [-0.39, 0.29) is 30.3 Å². The molecule has 2 aromatic rings. The van der Waals surface area contributed by atoms with Gasteiger partial charge in [0.1, 0.15) is 18.0 Å².